The van der Waals surface area contributed by atoms with Crippen LogP contribution in [-0.2, 0) is 16.0 Å². The van der Waals surface area contributed by atoms with Crippen molar-refractivity contribution in [2.45, 2.75) is 45.6 Å². The summed E-state index contributed by atoms with van der Waals surface area (Å²) in [6.45, 7) is 3.92. The Kier molecular flexibility index (Phi) is 6.36. The molecule has 4 heteroatoms. The molecule has 2 rings (SSSR count). The Morgan fingerprint density at radius 2 is 1.83 bits per heavy atom. The van der Waals surface area contributed by atoms with E-state index in [0.29, 0.717) is 0 Å². The maximum absolute atomic E-state index is 12.2. The normalized spacial score (nSPS) is 13.4. The van der Waals surface area contributed by atoms with Crippen molar-refractivity contribution in [1.82, 2.24) is 5.32 Å². The monoisotopic (exact) mass is 327 g/mol. The van der Waals surface area contributed by atoms with Gasteiger partial charge < -0.3 is 10.4 Å². The molecule has 2 N–H and O–H groups in total. The Labute approximate surface area is 142 Å². The van der Waals surface area contributed by atoms with Gasteiger partial charge >= 0.3 is 5.97 Å². The molecule has 0 aliphatic carbocycles. The zero-order valence-corrected chi connectivity index (χ0v) is 14.3. The van der Waals surface area contributed by atoms with Crippen molar-refractivity contribution < 1.29 is 14.7 Å². The van der Waals surface area contributed by atoms with E-state index in [1.165, 1.54) is 0 Å². The van der Waals surface area contributed by atoms with Gasteiger partial charge in [0, 0.05) is 12.3 Å². The molecule has 0 radical (unpaired) electrons. The van der Waals surface area contributed by atoms with E-state index >= 15 is 0 Å². The van der Waals surface area contributed by atoms with Crippen LogP contribution in [-0.4, -0.2) is 23.0 Å². The van der Waals surface area contributed by atoms with Gasteiger partial charge in [-0.3, -0.25) is 4.79 Å². The molecule has 2 atom stereocenters. The molecule has 0 aliphatic rings. The number of amides is 1. The van der Waals surface area contributed by atoms with Gasteiger partial charge in [0.1, 0.15) is 6.04 Å². The minimum atomic E-state index is -1.00. The van der Waals surface area contributed by atoms with Gasteiger partial charge in [-0.25, -0.2) is 4.79 Å². The first-order chi connectivity index (χ1) is 11.5. The zero-order valence-electron chi connectivity index (χ0n) is 14.3. The molecule has 0 aromatic heterocycles. The summed E-state index contributed by atoms with van der Waals surface area (Å²) in [7, 11) is 0. The Morgan fingerprint density at radius 3 is 2.50 bits per heavy atom. The van der Waals surface area contributed by atoms with E-state index in [0.717, 1.165) is 35.6 Å². The number of carbonyl (C=O) groups is 2. The standard InChI is InChI=1S/C20H25NO3/c1-3-4-7-14(2)19(22)21-18(20(23)24)13-15-10-11-16-8-5-6-9-17(16)12-15/h5-6,8-12,14,18H,3-4,7,13H2,1-2H3,(H,21,22)(H,23,24). The van der Waals surface area contributed by atoms with Crippen molar-refractivity contribution in [3.8, 4) is 0 Å². The number of carboxylic acids is 1. The third-order valence-corrected chi connectivity index (χ3v) is 4.31. The Bertz CT molecular complexity index is 711. The van der Waals surface area contributed by atoms with Gasteiger partial charge in [-0.05, 0) is 22.8 Å². The third kappa shape index (κ3) is 4.82. The highest BCUT2D eigenvalue weighted by molar-refractivity contribution is 5.86. The van der Waals surface area contributed by atoms with Gasteiger partial charge in [0.15, 0.2) is 0 Å². The maximum atomic E-state index is 12.2. The second-order valence-electron chi connectivity index (χ2n) is 6.33. The van der Waals surface area contributed by atoms with Crippen molar-refractivity contribution in [2.75, 3.05) is 0 Å². The molecule has 128 valence electrons. The van der Waals surface area contributed by atoms with E-state index < -0.39 is 12.0 Å². The van der Waals surface area contributed by atoms with Crippen LogP contribution in [0.15, 0.2) is 42.5 Å². The molecule has 24 heavy (non-hydrogen) atoms. The Hall–Kier alpha value is -2.36. The minimum Gasteiger partial charge on any atom is -0.480 e. The van der Waals surface area contributed by atoms with Crippen LogP contribution in [0.25, 0.3) is 10.8 Å². The molecule has 0 saturated heterocycles. The molecule has 4 nitrogen and oxygen atoms in total. The molecule has 2 aromatic rings. The molecule has 0 bridgehead atoms. The number of rotatable bonds is 8. The fourth-order valence-electron chi connectivity index (χ4n) is 2.76. The molecule has 0 heterocycles. The first kappa shape index (κ1) is 18.0. The number of fused-ring (bicyclic) bond motifs is 1. The highest BCUT2D eigenvalue weighted by Crippen LogP contribution is 2.17. The average Bonchev–Trinajstić information content (AvgIpc) is 2.58. The molecule has 1 amide bonds. The molecule has 2 unspecified atom stereocenters. The van der Waals surface area contributed by atoms with Crippen LogP contribution in [0.2, 0.25) is 0 Å². The quantitative estimate of drug-likeness (QED) is 0.775. The number of carboxylic acid groups (broad SMARTS) is 1. The number of hydrogen-bond donors (Lipinski definition) is 2. The predicted molar refractivity (Wildman–Crippen MR) is 95.9 cm³/mol. The van der Waals surface area contributed by atoms with Crippen LogP contribution in [0, 0.1) is 5.92 Å². The fourth-order valence-corrected chi connectivity index (χ4v) is 2.76. The number of nitrogens with one attached hydrogen (secondary N) is 1. The second-order valence-corrected chi connectivity index (χ2v) is 6.33. The largest absolute Gasteiger partial charge is 0.480 e. The Balaban J connectivity index is 2.07. The maximum Gasteiger partial charge on any atom is 0.326 e. The Morgan fingerprint density at radius 1 is 1.12 bits per heavy atom. The topological polar surface area (TPSA) is 66.4 Å². The van der Waals surface area contributed by atoms with Crippen molar-refractivity contribution in [3.63, 3.8) is 0 Å². The molecule has 0 spiro atoms. The summed E-state index contributed by atoms with van der Waals surface area (Å²) in [5.41, 5.74) is 0.905. The third-order valence-electron chi connectivity index (χ3n) is 4.31. The average molecular weight is 327 g/mol. The lowest BCUT2D eigenvalue weighted by Crippen LogP contribution is -2.44. The van der Waals surface area contributed by atoms with E-state index in [9.17, 15) is 14.7 Å². The predicted octanol–water partition coefficient (Wildman–Crippen LogP) is 3.78. The van der Waals surface area contributed by atoms with Gasteiger partial charge in [-0.2, -0.15) is 0 Å². The van der Waals surface area contributed by atoms with Gasteiger partial charge in [-0.15, -0.1) is 0 Å². The minimum absolute atomic E-state index is 0.164. The summed E-state index contributed by atoms with van der Waals surface area (Å²) in [4.78, 5) is 23.7. The van der Waals surface area contributed by atoms with Gasteiger partial charge in [0.2, 0.25) is 5.91 Å². The lowest BCUT2D eigenvalue weighted by molar-refractivity contribution is -0.142. The van der Waals surface area contributed by atoms with E-state index in [-0.39, 0.29) is 18.2 Å². The van der Waals surface area contributed by atoms with Crippen LogP contribution in [0.4, 0.5) is 0 Å². The number of benzene rings is 2. The smallest absolute Gasteiger partial charge is 0.326 e. The lowest BCUT2D eigenvalue weighted by Gasteiger charge is -2.18. The van der Waals surface area contributed by atoms with Crippen LogP contribution in [0.5, 0.6) is 0 Å². The van der Waals surface area contributed by atoms with Crippen molar-refractivity contribution in [3.05, 3.63) is 48.0 Å². The summed E-state index contributed by atoms with van der Waals surface area (Å²) in [5, 5.41) is 14.3. The number of hydrogen-bond acceptors (Lipinski definition) is 2. The molecular formula is C20H25NO3. The highest BCUT2D eigenvalue weighted by atomic mass is 16.4. The fraction of sp³-hybridized carbons (Fsp3) is 0.400. The second kappa shape index (κ2) is 8.48. The molecular weight excluding hydrogens is 302 g/mol. The summed E-state index contributed by atoms with van der Waals surface area (Å²) in [6.07, 6.45) is 3.06. The summed E-state index contributed by atoms with van der Waals surface area (Å²) in [5.74, 6) is -1.35. The molecule has 0 saturated carbocycles. The summed E-state index contributed by atoms with van der Waals surface area (Å²) in [6, 6.07) is 12.9. The van der Waals surface area contributed by atoms with E-state index in [1.807, 2.05) is 49.4 Å². The van der Waals surface area contributed by atoms with Crippen molar-refractivity contribution in [2.24, 2.45) is 5.92 Å². The lowest BCUT2D eigenvalue weighted by atomic mass is 10.00. The molecule has 0 fully saturated rings. The molecule has 2 aromatic carbocycles. The van der Waals surface area contributed by atoms with Crippen LogP contribution in [0.1, 0.15) is 38.7 Å². The summed E-state index contributed by atoms with van der Waals surface area (Å²) < 4.78 is 0. The SMILES string of the molecule is CCCCC(C)C(=O)NC(Cc1ccc2ccccc2c1)C(=O)O. The number of unbranched alkanes of at least 4 members (excludes halogenated alkanes) is 1. The zero-order chi connectivity index (χ0) is 17.5. The molecule has 0 aliphatic heterocycles. The van der Waals surface area contributed by atoms with Gasteiger partial charge in [0.05, 0.1) is 0 Å². The van der Waals surface area contributed by atoms with Crippen LogP contribution < -0.4 is 5.32 Å². The van der Waals surface area contributed by atoms with Crippen molar-refractivity contribution >= 4 is 22.6 Å². The first-order valence-corrected chi connectivity index (χ1v) is 8.52. The van der Waals surface area contributed by atoms with Crippen molar-refractivity contribution in [1.29, 1.82) is 0 Å². The van der Waals surface area contributed by atoms with Gasteiger partial charge in [0.25, 0.3) is 0 Å². The number of aliphatic carboxylic acids is 1. The van der Waals surface area contributed by atoms with Gasteiger partial charge in [-0.1, -0.05) is 69.2 Å². The van der Waals surface area contributed by atoms with Crippen LogP contribution in [0.3, 0.4) is 0 Å². The van der Waals surface area contributed by atoms with E-state index in [1.54, 1.807) is 0 Å². The van der Waals surface area contributed by atoms with Crippen LogP contribution >= 0.6 is 0 Å². The van der Waals surface area contributed by atoms with E-state index in [2.05, 4.69) is 12.2 Å². The number of carbonyl (C=O) groups excluding carboxylic acids is 1. The summed E-state index contributed by atoms with van der Waals surface area (Å²) >= 11 is 0. The van der Waals surface area contributed by atoms with E-state index in [4.69, 9.17) is 0 Å². The first-order valence-electron chi connectivity index (χ1n) is 8.52. The highest BCUT2D eigenvalue weighted by Gasteiger charge is 2.23.